The Morgan fingerprint density at radius 3 is 2.63 bits per heavy atom. The topological polar surface area (TPSA) is 29.1 Å². The zero-order valence-corrected chi connectivity index (χ0v) is 14.4. The van der Waals surface area contributed by atoms with Gasteiger partial charge in [-0.3, -0.25) is 4.79 Å². The molecule has 1 aromatic carbocycles. The second-order valence-electron chi connectivity index (χ2n) is 4.96. The Hall–Kier alpha value is -0.0600. The average molecular weight is 410 g/mol. The van der Waals surface area contributed by atoms with Crippen molar-refractivity contribution in [2.45, 2.75) is 30.5 Å². The Morgan fingerprint density at radius 1 is 1.32 bits per heavy atom. The van der Waals surface area contributed by atoms with Crippen LogP contribution in [0.3, 0.4) is 0 Å². The molecule has 1 N–H and O–H groups in total. The van der Waals surface area contributed by atoms with E-state index in [-0.39, 0.29) is 5.91 Å². The predicted molar refractivity (Wildman–Crippen MR) is 86.2 cm³/mol. The molecule has 0 heterocycles. The van der Waals surface area contributed by atoms with Crippen molar-refractivity contribution in [2.24, 2.45) is 5.92 Å². The zero-order chi connectivity index (χ0) is 13.8. The molecule has 104 valence electrons. The number of hydrogen-bond donors (Lipinski definition) is 1. The van der Waals surface area contributed by atoms with Crippen molar-refractivity contribution in [3.63, 3.8) is 0 Å². The van der Waals surface area contributed by atoms with E-state index in [1.54, 1.807) is 18.2 Å². The Labute approximate surface area is 135 Å². The van der Waals surface area contributed by atoms with Gasteiger partial charge in [-0.25, -0.2) is 0 Å². The molecular weight excluding hydrogens is 393 g/mol. The highest BCUT2D eigenvalue weighted by Gasteiger charge is 2.19. The van der Waals surface area contributed by atoms with E-state index in [0.29, 0.717) is 21.3 Å². The van der Waals surface area contributed by atoms with Crippen molar-refractivity contribution in [3.05, 3.63) is 33.3 Å². The van der Waals surface area contributed by atoms with Crippen LogP contribution in [0.4, 0.5) is 0 Å². The van der Waals surface area contributed by atoms with E-state index in [1.165, 1.54) is 25.7 Å². The van der Waals surface area contributed by atoms with Crippen molar-refractivity contribution in [1.29, 1.82) is 0 Å². The molecule has 0 radical (unpaired) electrons. The average Bonchev–Trinajstić information content (AvgIpc) is 2.41. The number of carbonyl (C=O) groups is 1. The number of amides is 1. The Morgan fingerprint density at radius 2 is 2.00 bits per heavy atom. The van der Waals surface area contributed by atoms with Crippen molar-refractivity contribution < 1.29 is 4.79 Å². The molecular formula is C14H16Br2ClNO. The minimum Gasteiger partial charge on any atom is -0.352 e. The second kappa shape index (κ2) is 7.09. The highest BCUT2D eigenvalue weighted by molar-refractivity contribution is 9.10. The molecule has 0 atom stereocenters. The van der Waals surface area contributed by atoms with Crippen molar-refractivity contribution in [2.75, 3.05) is 6.54 Å². The molecule has 1 amide bonds. The highest BCUT2D eigenvalue weighted by Crippen LogP contribution is 2.28. The Bertz CT molecular complexity index is 459. The SMILES string of the molecule is O=C(NCC1CCC(Br)CC1)c1ccc(Br)c(Cl)c1. The molecule has 1 saturated carbocycles. The highest BCUT2D eigenvalue weighted by atomic mass is 79.9. The number of carbonyl (C=O) groups excluding carboxylic acids is 1. The normalized spacial score (nSPS) is 23.1. The maximum Gasteiger partial charge on any atom is 0.251 e. The number of benzene rings is 1. The van der Waals surface area contributed by atoms with E-state index >= 15 is 0 Å². The van der Waals surface area contributed by atoms with Gasteiger partial charge in [0, 0.05) is 21.4 Å². The van der Waals surface area contributed by atoms with Gasteiger partial charge >= 0.3 is 0 Å². The first-order chi connectivity index (χ1) is 9.06. The summed E-state index contributed by atoms with van der Waals surface area (Å²) < 4.78 is 0.807. The van der Waals surface area contributed by atoms with Gasteiger partial charge in [-0.15, -0.1) is 0 Å². The number of halogens is 3. The summed E-state index contributed by atoms with van der Waals surface area (Å²) in [7, 11) is 0. The molecule has 1 fully saturated rings. The first-order valence-electron chi connectivity index (χ1n) is 6.43. The van der Waals surface area contributed by atoms with Crippen molar-refractivity contribution in [1.82, 2.24) is 5.32 Å². The van der Waals surface area contributed by atoms with Crippen LogP contribution in [0, 0.1) is 5.92 Å². The lowest BCUT2D eigenvalue weighted by molar-refractivity contribution is 0.0944. The summed E-state index contributed by atoms with van der Waals surface area (Å²) in [6.45, 7) is 0.756. The van der Waals surface area contributed by atoms with Gasteiger partial charge in [0.1, 0.15) is 0 Å². The maximum atomic E-state index is 12.0. The maximum absolute atomic E-state index is 12.0. The fourth-order valence-corrected chi connectivity index (χ4v) is 3.26. The number of rotatable bonds is 3. The van der Waals surface area contributed by atoms with Crippen molar-refractivity contribution in [3.8, 4) is 0 Å². The molecule has 2 nitrogen and oxygen atoms in total. The first kappa shape index (κ1) is 15.3. The van der Waals surface area contributed by atoms with Crippen LogP contribution in [0.25, 0.3) is 0 Å². The van der Waals surface area contributed by atoms with Gasteiger partial charge in [-0.05, 0) is 65.7 Å². The van der Waals surface area contributed by atoms with Crippen LogP contribution in [0.15, 0.2) is 22.7 Å². The van der Waals surface area contributed by atoms with E-state index in [9.17, 15) is 4.79 Å². The summed E-state index contributed by atoms with van der Waals surface area (Å²) in [6.07, 6.45) is 4.75. The summed E-state index contributed by atoms with van der Waals surface area (Å²) >= 11 is 12.9. The molecule has 0 aromatic heterocycles. The first-order valence-corrected chi connectivity index (χ1v) is 8.52. The molecule has 0 spiro atoms. The van der Waals surface area contributed by atoms with Gasteiger partial charge in [0.05, 0.1) is 5.02 Å². The van der Waals surface area contributed by atoms with Gasteiger partial charge in [0.2, 0.25) is 0 Å². The van der Waals surface area contributed by atoms with Gasteiger partial charge in [-0.2, -0.15) is 0 Å². The monoisotopic (exact) mass is 407 g/mol. The summed E-state index contributed by atoms with van der Waals surface area (Å²) in [5, 5.41) is 3.56. The van der Waals surface area contributed by atoms with Gasteiger partial charge in [0.25, 0.3) is 5.91 Å². The molecule has 0 aliphatic heterocycles. The minimum atomic E-state index is -0.0460. The second-order valence-corrected chi connectivity index (χ2v) is 7.51. The van der Waals surface area contributed by atoms with Crippen LogP contribution in [0.5, 0.6) is 0 Å². The van der Waals surface area contributed by atoms with Crippen LogP contribution in [0.1, 0.15) is 36.0 Å². The van der Waals surface area contributed by atoms with Crippen LogP contribution in [-0.2, 0) is 0 Å². The lowest BCUT2D eigenvalue weighted by Crippen LogP contribution is -2.31. The molecule has 1 aliphatic carbocycles. The largest absolute Gasteiger partial charge is 0.352 e. The lowest BCUT2D eigenvalue weighted by Gasteiger charge is -2.25. The minimum absolute atomic E-state index is 0.0460. The summed E-state index contributed by atoms with van der Waals surface area (Å²) in [5.74, 6) is 0.555. The third-order valence-corrected chi connectivity index (χ3v) is 5.66. The molecule has 1 aliphatic rings. The molecule has 2 rings (SSSR count). The Kier molecular flexibility index (Phi) is 5.72. The standard InChI is InChI=1S/C14H16Br2ClNO/c15-11-4-1-9(2-5-11)8-18-14(19)10-3-6-12(16)13(17)7-10/h3,6-7,9,11H,1-2,4-5,8H2,(H,18,19). The Balaban J connectivity index is 1.85. The van der Waals surface area contributed by atoms with E-state index in [4.69, 9.17) is 11.6 Å². The van der Waals surface area contributed by atoms with Crippen LogP contribution < -0.4 is 5.32 Å². The smallest absolute Gasteiger partial charge is 0.251 e. The van der Waals surface area contributed by atoms with Gasteiger partial charge in [-0.1, -0.05) is 27.5 Å². The number of hydrogen-bond acceptors (Lipinski definition) is 1. The summed E-state index contributed by atoms with van der Waals surface area (Å²) in [6, 6.07) is 5.27. The molecule has 0 saturated heterocycles. The van der Waals surface area contributed by atoms with Gasteiger partial charge in [0.15, 0.2) is 0 Å². The molecule has 0 unspecified atom stereocenters. The zero-order valence-electron chi connectivity index (χ0n) is 10.5. The van der Waals surface area contributed by atoms with E-state index in [0.717, 1.165) is 11.0 Å². The summed E-state index contributed by atoms with van der Waals surface area (Å²) in [4.78, 5) is 12.7. The summed E-state index contributed by atoms with van der Waals surface area (Å²) in [5.41, 5.74) is 0.613. The predicted octanol–water partition coefficient (Wildman–Crippen LogP) is 4.79. The molecule has 5 heteroatoms. The third kappa shape index (κ3) is 4.47. The molecule has 0 bridgehead atoms. The van der Waals surface area contributed by atoms with E-state index in [2.05, 4.69) is 37.2 Å². The number of nitrogens with one attached hydrogen (secondary N) is 1. The lowest BCUT2D eigenvalue weighted by atomic mass is 9.89. The third-order valence-electron chi connectivity index (χ3n) is 3.51. The molecule has 1 aromatic rings. The van der Waals surface area contributed by atoms with Gasteiger partial charge < -0.3 is 5.32 Å². The van der Waals surface area contributed by atoms with Crippen LogP contribution >= 0.6 is 43.5 Å². The number of alkyl halides is 1. The fourth-order valence-electron chi connectivity index (χ4n) is 2.30. The van der Waals surface area contributed by atoms with Crippen LogP contribution in [0.2, 0.25) is 5.02 Å². The van der Waals surface area contributed by atoms with E-state index < -0.39 is 0 Å². The quantitative estimate of drug-likeness (QED) is 0.715. The molecule has 19 heavy (non-hydrogen) atoms. The van der Waals surface area contributed by atoms with Crippen molar-refractivity contribution >= 4 is 49.4 Å². The fraction of sp³-hybridized carbons (Fsp3) is 0.500. The van der Waals surface area contributed by atoms with Crippen LogP contribution in [-0.4, -0.2) is 17.3 Å². The van der Waals surface area contributed by atoms with E-state index in [1.807, 2.05) is 0 Å².